The molecule has 7 nitrogen and oxygen atoms in total. The van der Waals surface area contributed by atoms with E-state index in [0.29, 0.717) is 29.4 Å². The Kier molecular flexibility index (Phi) is 6.43. The van der Waals surface area contributed by atoms with E-state index in [4.69, 9.17) is 15.2 Å². The molecule has 26 heavy (non-hydrogen) atoms. The Morgan fingerprint density at radius 1 is 1.12 bits per heavy atom. The Bertz CT molecular complexity index is 775. The molecular formula is C19H23N3O4. The zero-order valence-electron chi connectivity index (χ0n) is 15.0. The van der Waals surface area contributed by atoms with Crippen LogP contribution in [0, 0.1) is 0 Å². The van der Waals surface area contributed by atoms with Crippen LogP contribution in [0.15, 0.2) is 42.5 Å². The second-order valence-corrected chi connectivity index (χ2v) is 5.61. The number of nitrogens with one attached hydrogen (secondary N) is 2. The fourth-order valence-corrected chi connectivity index (χ4v) is 2.44. The first-order valence-electron chi connectivity index (χ1n) is 8.22. The first kappa shape index (κ1) is 19.1. The number of amides is 3. The molecule has 0 aliphatic heterocycles. The van der Waals surface area contributed by atoms with Gasteiger partial charge in [-0.05, 0) is 49.7 Å². The van der Waals surface area contributed by atoms with E-state index in [-0.39, 0.29) is 11.9 Å². The van der Waals surface area contributed by atoms with Gasteiger partial charge in [0, 0.05) is 11.3 Å². The van der Waals surface area contributed by atoms with Crippen LogP contribution in [0.2, 0.25) is 0 Å². The third kappa shape index (κ3) is 4.89. The quantitative estimate of drug-likeness (QED) is 0.708. The summed E-state index contributed by atoms with van der Waals surface area (Å²) in [5, 5.41) is 5.42. The van der Waals surface area contributed by atoms with Gasteiger partial charge in [-0.3, -0.25) is 4.79 Å². The number of rotatable bonds is 7. The van der Waals surface area contributed by atoms with E-state index in [1.807, 2.05) is 26.0 Å². The molecule has 1 atom stereocenters. The van der Waals surface area contributed by atoms with Crippen molar-refractivity contribution in [2.45, 2.75) is 19.9 Å². The number of nitrogens with two attached hydrogens (primary N) is 1. The number of carbonyl (C=O) groups excluding carboxylic acids is 2. The maximum Gasteiger partial charge on any atom is 0.316 e. The van der Waals surface area contributed by atoms with Crippen molar-refractivity contribution < 1.29 is 19.1 Å². The van der Waals surface area contributed by atoms with Gasteiger partial charge in [-0.25, -0.2) is 4.79 Å². The lowest BCUT2D eigenvalue weighted by molar-refractivity contribution is 0.0939. The fraction of sp³-hybridized carbons (Fsp3) is 0.263. The molecule has 0 heterocycles. The average molecular weight is 357 g/mol. The van der Waals surface area contributed by atoms with Crippen molar-refractivity contribution in [1.82, 2.24) is 5.32 Å². The lowest BCUT2D eigenvalue weighted by Gasteiger charge is -2.16. The maximum atomic E-state index is 12.5. The molecule has 0 aliphatic rings. The summed E-state index contributed by atoms with van der Waals surface area (Å²) in [6.07, 6.45) is 0. The van der Waals surface area contributed by atoms with Crippen LogP contribution < -0.4 is 25.8 Å². The molecule has 2 aromatic carbocycles. The largest absolute Gasteiger partial charge is 0.493 e. The van der Waals surface area contributed by atoms with Crippen LogP contribution in [0.4, 0.5) is 10.5 Å². The molecule has 7 heteroatoms. The van der Waals surface area contributed by atoms with Gasteiger partial charge in [-0.1, -0.05) is 12.1 Å². The summed E-state index contributed by atoms with van der Waals surface area (Å²) in [6.45, 7) is 4.27. The summed E-state index contributed by atoms with van der Waals surface area (Å²) in [5.74, 6) is 0.879. The lowest BCUT2D eigenvalue weighted by Crippen LogP contribution is -2.26. The second kappa shape index (κ2) is 8.75. The van der Waals surface area contributed by atoms with E-state index in [2.05, 4.69) is 10.6 Å². The Balaban J connectivity index is 2.07. The summed E-state index contributed by atoms with van der Waals surface area (Å²) >= 11 is 0. The molecule has 0 radical (unpaired) electrons. The fourth-order valence-electron chi connectivity index (χ4n) is 2.44. The molecule has 4 N–H and O–H groups in total. The van der Waals surface area contributed by atoms with Gasteiger partial charge in [0.15, 0.2) is 11.5 Å². The highest BCUT2D eigenvalue weighted by atomic mass is 16.5. The number of methoxy groups -OCH3 is 1. The average Bonchev–Trinajstić information content (AvgIpc) is 2.62. The molecule has 138 valence electrons. The van der Waals surface area contributed by atoms with Crippen molar-refractivity contribution >= 4 is 17.6 Å². The van der Waals surface area contributed by atoms with E-state index < -0.39 is 6.03 Å². The third-order valence-electron chi connectivity index (χ3n) is 3.75. The van der Waals surface area contributed by atoms with E-state index >= 15 is 0 Å². The highest BCUT2D eigenvalue weighted by Crippen LogP contribution is 2.28. The highest BCUT2D eigenvalue weighted by Gasteiger charge is 2.14. The minimum Gasteiger partial charge on any atom is -0.493 e. The molecule has 0 fully saturated rings. The van der Waals surface area contributed by atoms with Gasteiger partial charge >= 0.3 is 6.03 Å². The molecule has 0 bridgehead atoms. The van der Waals surface area contributed by atoms with Gasteiger partial charge in [0.1, 0.15) is 0 Å². The topological polar surface area (TPSA) is 103 Å². The maximum absolute atomic E-state index is 12.5. The number of primary amides is 1. The number of carbonyl (C=O) groups is 2. The zero-order chi connectivity index (χ0) is 19.1. The number of hydrogen-bond donors (Lipinski definition) is 3. The normalized spacial score (nSPS) is 11.3. The van der Waals surface area contributed by atoms with Crippen LogP contribution >= 0.6 is 0 Å². The van der Waals surface area contributed by atoms with Crippen molar-refractivity contribution in [2.24, 2.45) is 5.73 Å². The number of anilines is 1. The number of benzene rings is 2. The monoisotopic (exact) mass is 357 g/mol. The van der Waals surface area contributed by atoms with Crippen LogP contribution in [0.1, 0.15) is 35.8 Å². The van der Waals surface area contributed by atoms with Gasteiger partial charge < -0.3 is 25.8 Å². The standard InChI is InChI=1S/C19H23N3O4/c1-4-26-16-10-7-14(11-17(16)25-3)18(23)21-12(2)13-5-8-15(9-6-13)22-19(20)24/h5-12H,4H2,1-3H3,(H,21,23)(H3,20,22,24)/t12-/m0/s1. The summed E-state index contributed by atoms with van der Waals surface area (Å²) in [4.78, 5) is 23.3. The molecule has 3 amide bonds. The molecule has 0 saturated carbocycles. The molecule has 0 aliphatic carbocycles. The van der Waals surface area contributed by atoms with Crippen molar-refractivity contribution in [3.63, 3.8) is 0 Å². The van der Waals surface area contributed by atoms with Crippen molar-refractivity contribution in [2.75, 3.05) is 19.0 Å². The summed E-state index contributed by atoms with van der Waals surface area (Å²) in [7, 11) is 1.53. The SMILES string of the molecule is CCOc1ccc(C(=O)N[C@@H](C)c2ccc(NC(N)=O)cc2)cc1OC. The number of ether oxygens (including phenoxy) is 2. The molecule has 2 aromatic rings. The first-order valence-corrected chi connectivity index (χ1v) is 8.22. The van der Waals surface area contributed by atoms with Gasteiger partial charge in [-0.15, -0.1) is 0 Å². The van der Waals surface area contributed by atoms with E-state index in [1.165, 1.54) is 7.11 Å². The van der Waals surface area contributed by atoms with Gasteiger partial charge in [0.2, 0.25) is 0 Å². The molecular weight excluding hydrogens is 334 g/mol. The van der Waals surface area contributed by atoms with Crippen LogP contribution in [0.3, 0.4) is 0 Å². The van der Waals surface area contributed by atoms with Crippen LogP contribution in [0.5, 0.6) is 11.5 Å². The predicted molar refractivity (Wildman–Crippen MR) is 99.7 cm³/mol. The summed E-state index contributed by atoms with van der Waals surface area (Å²) in [5.41, 5.74) is 7.04. The summed E-state index contributed by atoms with van der Waals surface area (Å²) < 4.78 is 10.7. The highest BCUT2D eigenvalue weighted by molar-refractivity contribution is 5.95. The Morgan fingerprint density at radius 3 is 2.38 bits per heavy atom. The number of urea groups is 1. The molecule has 2 rings (SSSR count). The third-order valence-corrected chi connectivity index (χ3v) is 3.75. The predicted octanol–water partition coefficient (Wildman–Crippen LogP) is 3.08. The second-order valence-electron chi connectivity index (χ2n) is 5.61. The van der Waals surface area contributed by atoms with Crippen molar-refractivity contribution in [1.29, 1.82) is 0 Å². The van der Waals surface area contributed by atoms with Gasteiger partial charge in [0.05, 0.1) is 19.8 Å². The zero-order valence-corrected chi connectivity index (χ0v) is 15.0. The van der Waals surface area contributed by atoms with Crippen molar-refractivity contribution in [3.8, 4) is 11.5 Å². The molecule has 0 aromatic heterocycles. The van der Waals surface area contributed by atoms with Crippen LogP contribution in [-0.2, 0) is 0 Å². The Morgan fingerprint density at radius 2 is 1.81 bits per heavy atom. The molecule has 0 saturated heterocycles. The van der Waals surface area contributed by atoms with Gasteiger partial charge in [-0.2, -0.15) is 0 Å². The molecule has 0 unspecified atom stereocenters. The number of hydrogen-bond acceptors (Lipinski definition) is 4. The lowest BCUT2D eigenvalue weighted by atomic mass is 10.1. The Hall–Kier alpha value is -3.22. The Labute approximate surface area is 152 Å². The van der Waals surface area contributed by atoms with Crippen LogP contribution in [0.25, 0.3) is 0 Å². The van der Waals surface area contributed by atoms with E-state index in [0.717, 1.165) is 5.56 Å². The minimum atomic E-state index is -0.622. The first-order chi connectivity index (χ1) is 12.4. The van der Waals surface area contributed by atoms with Gasteiger partial charge in [0.25, 0.3) is 5.91 Å². The van der Waals surface area contributed by atoms with E-state index in [9.17, 15) is 9.59 Å². The van der Waals surface area contributed by atoms with Crippen LogP contribution in [-0.4, -0.2) is 25.7 Å². The minimum absolute atomic E-state index is 0.220. The van der Waals surface area contributed by atoms with E-state index in [1.54, 1.807) is 30.3 Å². The summed E-state index contributed by atoms with van der Waals surface area (Å²) in [6, 6.07) is 11.3. The smallest absolute Gasteiger partial charge is 0.316 e. The molecule has 0 spiro atoms. The van der Waals surface area contributed by atoms with Crippen molar-refractivity contribution in [3.05, 3.63) is 53.6 Å².